The maximum absolute atomic E-state index is 10.1. The second-order valence-corrected chi connectivity index (χ2v) is 7.48. The van der Waals surface area contributed by atoms with Crippen LogP contribution in [0.15, 0.2) is 11.6 Å². The van der Waals surface area contributed by atoms with Gasteiger partial charge in [0, 0.05) is 0 Å². The van der Waals surface area contributed by atoms with Crippen LogP contribution in [0.3, 0.4) is 0 Å². The van der Waals surface area contributed by atoms with Crippen molar-refractivity contribution in [3.8, 4) is 0 Å². The van der Waals surface area contributed by atoms with Crippen molar-refractivity contribution in [3.05, 3.63) is 11.6 Å². The molecule has 3 aliphatic carbocycles. The molecule has 3 atom stereocenters. The number of hydrogen-bond acceptors (Lipinski definition) is 1. The van der Waals surface area contributed by atoms with E-state index in [2.05, 4.69) is 33.8 Å². The zero-order valence-corrected chi connectivity index (χ0v) is 11.0. The van der Waals surface area contributed by atoms with E-state index in [0.717, 1.165) is 12.3 Å². The van der Waals surface area contributed by atoms with Gasteiger partial charge in [-0.25, -0.2) is 0 Å². The molecule has 2 saturated carbocycles. The zero-order valence-electron chi connectivity index (χ0n) is 11.0. The molecule has 0 aromatic carbocycles. The van der Waals surface area contributed by atoms with E-state index in [4.69, 9.17) is 0 Å². The summed E-state index contributed by atoms with van der Waals surface area (Å²) >= 11 is 0. The second-order valence-electron chi connectivity index (χ2n) is 7.48. The lowest BCUT2D eigenvalue weighted by atomic mass is 9.53. The first kappa shape index (κ1) is 10.8. The molecule has 3 aliphatic rings. The van der Waals surface area contributed by atoms with E-state index >= 15 is 0 Å². The zero-order chi connectivity index (χ0) is 11.8. The van der Waals surface area contributed by atoms with Gasteiger partial charge in [0.25, 0.3) is 0 Å². The Balaban J connectivity index is 2.18. The van der Waals surface area contributed by atoms with Gasteiger partial charge in [0.15, 0.2) is 0 Å². The molecule has 1 N–H and O–H groups in total. The summed E-state index contributed by atoms with van der Waals surface area (Å²) in [6, 6.07) is 0. The highest BCUT2D eigenvalue weighted by Crippen LogP contribution is 2.73. The minimum atomic E-state index is -0.214. The number of fused-ring (bicyclic) bond motifs is 1. The van der Waals surface area contributed by atoms with Crippen LogP contribution < -0.4 is 0 Å². The molecule has 2 unspecified atom stereocenters. The quantitative estimate of drug-likeness (QED) is 0.619. The van der Waals surface area contributed by atoms with Crippen LogP contribution in [-0.2, 0) is 0 Å². The van der Waals surface area contributed by atoms with E-state index in [-0.39, 0.29) is 11.5 Å². The lowest BCUT2D eigenvalue weighted by molar-refractivity contribution is 0.0341. The number of aliphatic hydroxyl groups excluding tert-OH is 1. The van der Waals surface area contributed by atoms with Crippen LogP contribution in [0.5, 0.6) is 0 Å². The van der Waals surface area contributed by atoms with Gasteiger partial charge in [-0.05, 0) is 47.8 Å². The van der Waals surface area contributed by atoms with Crippen molar-refractivity contribution in [2.45, 2.75) is 59.5 Å². The minimum absolute atomic E-state index is 0.214. The molecule has 90 valence electrons. The molecule has 1 heteroatoms. The molecule has 0 heterocycles. The average molecular weight is 220 g/mol. The normalized spacial score (nSPS) is 47.7. The standard InChI is InChI=1S/C15H24O/c1-13(2)9-11(16)7-12-14(3,4)10-5-6-15(12,13)8-10/h7,10-11,16H,5-6,8-9H2,1-4H3/t10?,11?,15-/m0/s1. The van der Waals surface area contributed by atoms with Crippen LogP contribution in [0.25, 0.3) is 0 Å². The van der Waals surface area contributed by atoms with Gasteiger partial charge in [0.2, 0.25) is 0 Å². The maximum atomic E-state index is 10.1. The Morgan fingerprint density at radius 3 is 2.56 bits per heavy atom. The van der Waals surface area contributed by atoms with E-state index in [9.17, 15) is 5.11 Å². The summed E-state index contributed by atoms with van der Waals surface area (Å²) in [6.45, 7) is 9.51. The van der Waals surface area contributed by atoms with Gasteiger partial charge in [-0.2, -0.15) is 0 Å². The molecule has 16 heavy (non-hydrogen) atoms. The van der Waals surface area contributed by atoms with Crippen molar-refractivity contribution in [1.82, 2.24) is 0 Å². The number of hydrogen-bond donors (Lipinski definition) is 1. The van der Waals surface area contributed by atoms with Gasteiger partial charge in [0.1, 0.15) is 0 Å². The number of rotatable bonds is 0. The van der Waals surface area contributed by atoms with Crippen LogP contribution in [0, 0.1) is 22.2 Å². The first-order chi connectivity index (χ1) is 7.30. The molecular weight excluding hydrogens is 196 g/mol. The first-order valence-electron chi connectivity index (χ1n) is 6.70. The van der Waals surface area contributed by atoms with Crippen molar-refractivity contribution in [2.24, 2.45) is 22.2 Å². The Morgan fingerprint density at radius 2 is 1.88 bits per heavy atom. The predicted octanol–water partition coefficient (Wildman–Crippen LogP) is 3.53. The molecule has 0 aromatic heterocycles. The third-order valence-corrected chi connectivity index (χ3v) is 6.12. The van der Waals surface area contributed by atoms with Crippen molar-refractivity contribution in [2.75, 3.05) is 0 Å². The topological polar surface area (TPSA) is 20.2 Å². The van der Waals surface area contributed by atoms with Crippen LogP contribution in [0.2, 0.25) is 0 Å². The fourth-order valence-corrected chi connectivity index (χ4v) is 5.07. The maximum Gasteiger partial charge on any atom is 0.0729 e. The van der Waals surface area contributed by atoms with E-state index in [0.29, 0.717) is 10.8 Å². The highest BCUT2D eigenvalue weighted by Gasteiger charge is 2.64. The molecule has 0 saturated heterocycles. The van der Waals surface area contributed by atoms with E-state index in [1.807, 2.05) is 0 Å². The molecule has 0 amide bonds. The second kappa shape index (κ2) is 2.75. The Bertz CT molecular complexity index is 364. The molecule has 0 aromatic rings. The summed E-state index contributed by atoms with van der Waals surface area (Å²) in [4.78, 5) is 0. The Hall–Kier alpha value is -0.300. The molecule has 2 bridgehead atoms. The van der Waals surface area contributed by atoms with Gasteiger partial charge in [-0.3, -0.25) is 0 Å². The fraction of sp³-hybridized carbons (Fsp3) is 0.867. The summed E-state index contributed by atoms with van der Waals surface area (Å²) in [6.07, 6.45) is 7.04. The van der Waals surface area contributed by atoms with Crippen LogP contribution >= 0.6 is 0 Å². The van der Waals surface area contributed by atoms with Gasteiger partial charge in [0.05, 0.1) is 6.10 Å². The van der Waals surface area contributed by atoms with Gasteiger partial charge < -0.3 is 5.11 Å². The monoisotopic (exact) mass is 220 g/mol. The first-order valence-corrected chi connectivity index (χ1v) is 6.70. The average Bonchev–Trinajstić information content (AvgIpc) is 2.63. The summed E-state index contributed by atoms with van der Waals surface area (Å²) in [5.74, 6) is 0.850. The molecule has 1 spiro atoms. The van der Waals surface area contributed by atoms with E-state index < -0.39 is 0 Å². The van der Waals surface area contributed by atoms with Crippen LogP contribution in [-0.4, -0.2) is 11.2 Å². The number of allylic oxidation sites excluding steroid dienone is 1. The molecule has 1 nitrogen and oxygen atoms in total. The number of aliphatic hydroxyl groups is 1. The fourth-order valence-electron chi connectivity index (χ4n) is 5.07. The van der Waals surface area contributed by atoms with Crippen LogP contribution in [0.1, 0.15) is 53.4 Å². The Kier molecular flexibility index (Phi) is 1.86. The Labute approximate surface area is 98.9 Å². The third kappa shape index (κ3) is 1.01. The summed E-state index contributed by atoms with van der Waals surface area (Å²) in [5, 5.41) is 10.1. The van der Waals surface area contributed by atoms with Crippen molar-refractivity contribution >= 4 is 0 Å². The molecular formula is C15H24O. The van der Waals surface area contributed by atoms with E-state index in [1.165, 1.54) is 19.3 Å². The largest absolute Gasteiger partial charge is 0.389 e. The summed E-state index contributed by atoms with van der Waals surface area (Å²) in [5.41, 5.74) is 2.61. The molecule has 3 rings (SSSR count). The highest BCUT2D eigenvalue weighted by molar-refractivity contribution is 5.37. The predicted molar refractivity (Wildman–Crippen MR) is 66.0 cm³/mol. The lowest BCUT2D eigenvalue weighted by Crippen LogP contribution is -2.44. The molecule has 0 radical (unpaired) electrons. The lowest BCUT2D eigenvalue weighted by Gasteiger charge is -2.52. The molecule has 2 fully saturated rings. The van der Waals surface area contributed by atoms with Gasteiger partial charge in [-0.15, -0.1) is 0 Å². The van der Waals surface area contributed by atoms with Gasteiger partial charge in [-0.1, -0.05) is 39.3 Å². The molecule has 0 aliphatic heterocycles. The highest BCUT2D eigenvalue weighted by atomic mass is 16.3. The Morgan fingerprint density at radius 1 is 1.19 bits per heavy atom. The van der Waals surface area contributed by atoms with Crippen molar-refractivity contribution < 1.29 is 5.11 Å². The van der Waals surface area contributed by atoms with Gasteiger partial charge >= 0.3 is 0 Å². The minimum Gasteiger partial charge on any atom is -0.389 e. The SMILES string of the molecule is CC1(C)C2=CC(O)CC(C)(C)[C@]23CCC1C3. The smallest absolute Gasteiger partial charge is 0.0729 e. The van der Waals surface area contributed by atoms with Crippen LogP contribution in [0.4, 0.5) is 0 Å². The summed E-state index contributed by atoms with van der Waals surface area (Å²) < 4.78 is 0. The summed E-state index contributed by atoms with van der Waals surface area (Å²) in [7, 11) is 0. The van der Waals surface area contributed by atoms with Crippen molar-refractivity contribution in [1.29, 1.82) is 0 Å². The third-order valence-electron chi connectivity index (χ3n) is 6.12. The van der Waals surface area contributed by atoms with Crippen molar-refractivity contribution in [3.63, 3.8) is 0 Å². The van der Waals surface area contributed by atoms with E-state index in [1.54, 1.807) is 5.57 Å².